The van der Waals surface area contributed by atoms with E-state index in [1.165, 1.54) is 0 Å². The first-order chi connectivity index (χ1) is 9.92. The Hall–Kier alpha value is -1.40. The van der Waals surface area contributed by atoms with Gasteiger partial charge in [-0.1, -0.05) is 20.8 Å². The summed E-state index contributed by atoms with van der Waals surface area (Å²) in [5, 5.41) is 13.9. The second-order valence-corrected chi connectivity index (χ2v) is 6.56. The second kappa shape index (κ2) is 6.58. The highest BCUT2D eigenvalue weighted by molar-refractivity contribution is 5.47. The van der Waals surface area contributed by atoms with Crippen LogP contribution < -0.4 is 16.6 Å². The molecule has 1 aromatic rings. The van der Waals surface area contributed by atoms with Gasteiger partial charge >= 0.3 is 0 Å². The lowest BCUT2D eigenvalue weighted by molar-refractivity contribution is 0.00494. The molecule has 1 aliphatic rings. The van der Waals surface area contributed by atoms with Crippen molar-refractivity contribution in [3.8, 4) is 0 Å². The van der Waals surface area contributed by atoms with Gasteiger partial charge in [-0.15, -0.1) is 0 Å². The molecule has 0 amide bonds. The summed E-state index contributed by atoms with van der Waals surface area (Å²) in [5.41, 5.74) is 1.93. The van der Waals surface area contributed by atoms with Crippen molar-refractivity contribution in [2.24, 2.45) is 11.8 Å². The molecule has 1 saturated carbocycles. The average Bonchev–Trinajstić information content (AvgIpc) is 2.48. The van der Waals surface area contributed by atoms with Gasteiger partial charge in [0.1, 0.15) is 17.5 Å². The van der Waals surface area contributed by atoms with Crippen molar-refractivity contribution < 1.29 is 5.11 Å². The van der Waals surface area contributed by atoms with Crippen LogP contribution in [-0.4, -0.2) is 27.2 Å². The van der Waals surface area contributed by atoms with Gasteiger partial charge in [0.2, 0.25) is 0 Å². The van der Waals surface area contributed by atoms with Crippen molar-refractivity contribution in [3.05, 3.63) is 11.9 Å². The fourth-order valence-electron chi connectivity index (χ4n) is 2.62. The van der Waals surface area contributed by atoms with Crippen molar-refractivity contribution in [2.75, 3.05) is 17.3 Å². The topological polar surface area (TPSA) is 96.1 Å². The van der Waals surface area contributed by atoms with Crippen LogP contribution in [-0.2, 0) is 0 Å². The summed E-state index contributed by atoms with van der Waals surface area (Å²) in [6, 6.07) is 1.76. The molecule has 6 nitrogen and oxygen atoms in total. The number of hydrogen-bond acceptors (Lipinski definition) is 6. The highest BCUT2D eigenvalue weighted by Crippen LogP contribution is 2.32. The molecule has 2 rings (SSSR count). The largest absolute Gasteiger partial charge is 0.388 e. The van der Waals surface area contributed by atoms with Gasteiger partial charge in [-0.2, -0.15) is 0 Å². The van der Waals surface area contributed by atoms with Gasteiger partial charge in [-0.05, 0) is 31.6 Å². The van der Waals surface area contributed by atoms with Gasteiger partial charge in [0, 0.05) is 18.5 Å². The second-order valence-electron chi connectivity index (χ2n) is 6.56. The first kappa shape index (κ1) is 16.0. The normalized spacial score (nSPS) is 25.9. The molecule has 0 bridgehead atoms. The summed E-state index contributed by atoms with van der Waals surface area (Å²) in [6.07, 6.45) is 3.83. The van der Waals surface area contributed by atoms with Crippen molar-refractivity contribution in [2.45, 2.75) is 58.0 Å². The van der Waals surface area contributed by atoms with Gasteiger partial charge in [-0.3, -0.25) is 0 Å². The summed E-state index contributed by atoms with van der Waals surface area (Å²) in [5.74, 6) is 8.40. The van der Waals surface area contributed by atoms with E-state index in [0.29, 0.717) is 24.1 Å². The minimum absolute atomic E-state index is 0.220. The number of rotatable bonds is 5. The molecule has 1 aromatic heterocycles. The molecular formula is C15H27N5O. The Morgan fingerprint density at radius 2 is 1.95 bits per heavy atom. The van der Waals surface area contributed by atoms with Crippen LogP contribution in [0, 0.1) is 5.92 Å². The van der Waals surface area contributed by atoms with Crippen LogP contribution >= 0.6 is 0 Å². The van der Waals surface area contributed by atoms with Gasteiger partial charge in [-0.25, -0.2) is 15.8 Å². The van der Waals surface area contributed by atoms with E-state index < -0.39 is 5.60 Å². The van der Waals surface area contributed by atoms with Gasteiger partial charge in [0.15, 0.2) is 0 Å². The molecule has 0 radical (unpaired) electrons. The van der Waals surface area contributed by atoms with Crippen LogP contribution in [0.5, 0.6) is 0 Å². The zero-order chi connectivity index (χ0) is 15.5. The third-order valence-corrected chi connectivity index (χ3v) is 4.21. The fourth-order valence-corrected chi connectivity index (χ4v) is 2.62. The molecule has 118 valence electrons. The van der Waals surface area contributed by atoms with Gasteiger partial charge in [0.05, 0.1) is 5.60 Å². The maximum absolute atomic E-state index is 10.6. The molecule has 0 unspecified atom stereocenters. The SMILES string of the molecule is CC1CCC(O)(CNc2cc(NN)nc(C(C)C)n2)CC1. The Morgan fingerprint density at radius 3 is 2.52 bits per heavy atom. The number of hydrogen-bond donors (Lipinski definition) is 4. The minimum atomic E-state index is -0.633. The number of nitrogens with two attached hydrogens (primary N) is 1. The fraction of sp³-hybridized carbons (Fsp3) is 0.733. The smallest absolute Gasteiger partial charge is 0.145 e. The molecule has 0 spiro atoms. The molecular weight excluding hydrogens is 266 g/mol. The zero-order valence-corrected chi connectivity index (χ0v) is 13.2. The first-order valence-corrected chi connectivity index (χ1v) is 7.74. The summed E-state index contributed by atoms with van der Waals surface area (Å²) in [4.78, 5) is 8.81. The molecule has 1 heterocycles. The summed E-state index contributed by atoms with van der Waals surface area (Å²) < 4.78 is 0. The lowest BCUT2D eigenvalue weighted by Gasteiger charge is -2.35. The number of nitrogens with zero attached hydrogens (tertiary/aromatic N) is 2. The van der Waals surface area contributed by atoms with Crippen LogP contribution in [0.4, 0.5) is 11.6 Å². The molecule has 0 saturated heterocycles. The van der Waals surface area contributed by atoms with Gasteiger partial charge < -0.3 is 15.8 Å². The predicted octanol–water partition coefficient (Wildman–Crippen LogP) is 2.24. The van der Waals surface area contributed by atoms with E-state index in [9.17, 15) is 5.11 Å². The van der Waals surface area contributed by atoms with Gasteiger partial charge in [0.25, 0.3) is 0 Å². The Labute approximate surface area is 126 Å². The van der Waals surface area contributed by atoms with Crippen LogP contribution in [0.2, 0.25) is 0 Å². The standard InChI is InChI=1S/C15H27N5O/c1-10(2)14-18-12(8-13(19-14)20-16)17-9-15(21)6-4-11(3)5-7-15/h8,10-11,21H,4-7,9,16H2,1-3H3,(H2,17,18,19,20). The molecule has 1 fully saturated rings. The average molecular weight is 293 g/mol. The first-order valence-electron chi connectivity index (χ1n) is 7.74. The van der Waals surface area contributed by atoms with Crippen LogP contribution in [0.1, 0.15) is 58.2 Å². The summed E-state index contributed by atoms with van der Waals surface area (Å²) in [6.45, 7) is 6.83. The van der Waals surface area contributed by atoms with E-state index in [1.54, 1.807) is 6.07 Å². The number of nitrogens with one attached hydrogen (secondary N) is 2. The maximum Gasteiger partial charge on any atom is 0.145 e. The molecule has 0 atom stereocenters. The van der Waals surface area contributed by atoms with E-state index >= 15 is 0 Å². The van der Waals surface area contributed by atoms with E-state index in [1.807, 2.05) is 13.8 Å². The van der Waals surface area contributed by atoms with E-state index in [0.717, 1.165) is 31.5 Å². The number of aromatic nitrogens is 2. The Balaban J connectivity index is 2.04. The molecule has 6 heteroatoms. The van der Waals surface area contributed by atoms with Crippen molar-refractivity contribution in [3.63, 3.8) is 0 Å². The predicted molar refractivity (Wildman–Crippen MR) is 85.0 cm³/mol. The van der Waals surface area contributed by atoms with Crippen LogP contribution in [0.3, 0.4) is 0 Å². The molecule has 0 aliphatic heterocycles. The van der Waals surface area contributed by atoms with Crippen LogP contribution in [0.25, 0.3) is 0 Å². The minimum Gasteiger partial charge on any atom is -0.388 e. The Morgan fingerprint density at radius 1 is 1.33 bits per heavy atom. The Kier molecular flexibility index (Phi) is 5.00. The molecule has 5 N–H and O–H groups in total. The third-order valence-electron chi connectivity index (χ3n) is 4.21. The number of anilines is 2. The Bertz CT molecular complexity index is 469. The number of aliphatic hydroxyl groups is 1. The monoisotopic (exact) mass is 293 g/mol. The summed E-state index contributed by atoms with van der Waals surface area (Å²) >= 11 is 0. The van der Waals surface area contributed by atoms with Crippen molar-refractivity contribution >= 4 is 11.6 Å². The quantitative estimate of drug-likeness (QED) is 0.491. The third kappa shape index (κ3) is 4.28. The highest BCUT2D eigenvalue weighted by atomic mass is 16.3. The van der Waals surface area contributed by atoms with Crippen LogP contribution in [0.15, 0.2) is 6.07 Å². The number of nitrogen functional groups attached to an aromatic ring is 1. The van der Waals surface area contributed by atoms with E-state index in [-0.39, 0.29) is 5.92 Å². The summed E-state index contributed by atoms with van der Waals surface area (Å²) in [7, 11) is 0. The lowest BCUT2D eigenvalue weighted by Crippen LogP contribution is -2.40. The maximum atomic E-state index is 10.6. The van der Waals surface area contributed by atoms with E-state index in [4.69, 9.17) is 5.84 Å². The molecule has 0 aromatic carbocycles. The van der Waals surface area contributed by atoms with Crippen molar-refractivity contribution in [1.82, 2.24) is 9.97 Å². The molecule has 1 aliphatic carbocycles. The molecule has 21 heavy (non-hydrogen) atoms. The zero-order valence-electron chi connectivity index (χ0n) is 13.2. The van der Waals surface area contributed by atoms with E-state index in [2.05, 4.69) is 27.6 Å². The number of hydrazine groups is 1. The van der Waals surface area contributed by atoms with Crippen molar-refractivity contribution in [1.29, 1.82) is 0 Å². The lowest BCUT2D eigenvalue weighted by atomic mass is 9.79. The highest BCUT2D eigenvalue weighted by Gasteiger charge is 2.31.